The number of rotatable bonds is 3. The van der Waals surface area contributed by atoms with Crippen molar-refractivity contribution in [1.29, 1.82) is 0 Å². The molecular formula is C20H29FN2. The topological polar surface area (TPSA) is 15.6 Å². The molecule has 0 unspecified atom stereocenters. The van der Waals surface area contributed by atoms with E-state index in [9.17, 15) is 4.39 Å². The molecule has 3 heteroatoms. The average molecular weight is 316 g/mol. The van der Waals surface area contributed by atoms with E-state index in [-0.39, 0.29) is 5.82 Å². The van der Waals surface area contributed by atoms with Crippen molar-refractivity contribution in [2.75, 3.05) is 0 Å². The van der Waals surface area contributed by atoms with Gasteiger partial charge in [0.15, 0.2) is 5.82 Å². The summed E-state index contributed by atoms with van der Waals surface area (Å²) in [6.07, 6.45) is 1.74. The Morgan fingerprint density at radius 2 is 1.61 bits per heavy atom. The van der Waals surface area contributed by atoms with E-state index in [0.717, 1.165) is 46.6 Å². The third kappa shape index (κ3) is 3.06. The molecule has 0 aromatic heterocycles. The maximum Gasteiger partial charge on any atom is 0.152 e. The molecule has 0 N–H and O–H groups in total. The van der Waals surface area contributed by atoms with Gasteiger partial charge in [-0.1, -0.05) is 20.4 Å². The average Bonchev–Trinajstić information content (AvgIpc) is 2.82. The molecule has 1 saturated heterocycles. The van der Waals surface area contributed by atoms with Crippen LogP contribution in [0.4, 0.5) is 10.1 Å². The standard InChI is InChI=1S/C20H29FN2/c1-11(2)18-14(6)15(7)20(19(21)16(18)8)22-17-10-9-13(5)23(17)12(3)4/h11-12H,5,9-10H2,1-4,6-8H3. The van der Waals surface area contributed by atoms with Crippen LogP contribution in [0.5, 0.6) is 0 Å². The maximum absolute atomic E-state index is 15.0. The van der Waals surface area contributed by atoms with Crippen LogP contribution in [0, 0.1) is 26.6 Å². The molecule has 0 atom stereocenters. The number of likely N-dealkylation sites (tertiary alicyclic amines) is 1. The van der Waals surface area contributed by atoms with Crippen LogP contribution >= 0.6 is 0 Å². The molecule has 126 valence electrons. The summed E-state index contributed by atoms with van der Waals surface area (Å²) in [6.45, 7) is 18.5. The van der Waals surface area contributed by atoms with Crippen molar-refractivity contribution in [2.45, 2.75) is 73.3 Å². The minimum absolute atomic E-state index is 0.175. The Balaban J connectivity index is 2.62. The van der Waals surface area contributed by atoms with E-state index < -0.39 is 0 Å². The molecule has 1 fully saturated rings. The molecule has 0 spiro atoms. The quantitative estimate of drug-likeness (QED) is 0.675. The molecule has 0 amide bonds. The van der Waals surface area contributed by atoms with E-state index in [4.69, 9.17) is 4.99 Å². The van der Waals surface area contributed by atoms with E-state index in [1.165, 1.54) is 0 Å². The van der Waals surface area contributed by atoms with Crippen molar-refractivity contribution < 1.29 is 4.39 Å². The molecule has 0 bridgehead atoms. The van der Waals surface area contributed by atoms with Gasteiger partial charge in [0.05, 0.1) is 0 Å². The van der Waals surface area contributed by atoms with E-state index in [1.807, 2.05) is 13.8 Å². The van der Waals surface area contributed by atoms with E-state index in [1.54, 1.807) is 0 Å². The molecule has 0 radical (unpaired) electrons. The molecular weight excluding hydrogens is 287 g/mol. The smallest absolute Gasteiger partial charge is 0.152 e. The van der Waals surface area contributed by atoms with Gasteiger partial charge in [0.25, 0.3) is 0 Å². The predicted molar refractivity (Wildman–Crippen MR) is 97.1 cm³/mol. The highest BCUT2D eigenvalue weighted by atomic mass is 19.1. The number of hydrogen-bond acceptors (Lipinski definition) is 1. The first-order chi connectivity index (χ1) is 10.7. The van der Waals surface area contributed by atoms with Gasteiger partial charge in [-0.3, -0.25) is 0 Å². The molecule has 1 heterocycles. The van der Waals surface area contributed by atoms with Crippen LogP contribution in [0.2, 0.25) is 0 Å². The summed E-state index contributed by atoms with van der Waals surface area (Å²) in [5.74, 6) is 1.07. The summed E-state index contributed by atoms with van der Waals surface area (Å²) in [4.78, 5) is 6.88. The maximum atomic E-state index is 15.0. The number of nitrogens with zero attached hydrogens (tertiary/aromatic N) is 2. The number of hydrogen-bond donors (Lipinski definition) is 0. The van der Waals surface area contributed by atoms with Gasteiger partial charge in [0.2, 0.25) is 0 Å². The number of amidine groups is 1. The van der Waals surface area contributed by atoms with Gasteiger partial charge in [0, 0.05) is 18.2 Å². The van der Waals surface area contributed by atoms with Crippen LogP contribution in [0.25, 0.3) is 0 Å². The van der Waals surface area contributed by atoms with Crippen LogP contribution in [0.15, 0.2) is 17.3 Å². The molecule has 1 aliphatic heterocycles. The first-order valence-corrected chi connectivity index (χ1v) is 8.50. The normalized spacial score (nSPS) is 17.2. The Kier molecular flexibility index (Phi) is 4.98. The Bertz CT molecular complexity index is 640. The molecule has 1 aromatic carbocycles. The predicted octanol–water partition coefficient (Wildman–Crippen LogP) is 5.92. The molecule has 23 heavy (non-hydrogen) atoms. The summed E-state index contributed by atoms with van der Waals surface area (Å²) in [5.41, 5.74) is 5.52. The highest BCUT2D eigenvalue weighted by molar-refractivity contribution is 5.89. The van der Waals surface area contributed by atoms with Gasteiger partial charge in [-0.05, 0) is 69.2 Å². The number of halogens is 1. The number of aliphatic imine (C=N–C) groups is 1. The fourth-order valence-corrected chi connectivity index (χ4v) is 3.70. The van der Waals surface area contributed by atoms with Crippen molar-refractivity contribution in [2.24, 2.45) is 4.99 Å². The minimum atomic E-state index is -0.175. The van der Waals surface area contributed by atoms with Crippen molar-refractivity contribution in [3.8, 4) is 0 Å². The minimum Gasteiger partial charge on any atom is -0.332 e. The summed E-state index contributed by atoms with van der Waals surface area (Å²) in [5, 5.41) is 0. The van der Waals surface area contributed by atoms with Crippen LogP contribution in [-0.2, 0) is 0 Å². The van der Waals surface area contributed by atoms with Crippen molar-refractivity contribution in [3.05, 3.63) is 40.3 Å². The fourth-order valence-electron chi connectivity index (χ4n) is 3.70. The largest absolute Gasteiger partial charge is 0.332 e. The summed E-state index contributed by atoms with van der Waals surface area (Å²) in [7, 11) is 0. The number of benzene rings is 1. The second-order valence-electron chi connectivity index (χ2n) is 7.16. The molecule has 1 aliphatic rings. The zero-order valence-corrected chi connectivity index (χ0v) is 15.5. The second kappa shape index (κ2) is 6.46. The van der Waals surface area contributed by atoms with Crippen LogP contribution in [-0.4, -0.2) is 16.8 Å². The highest BCUT2D eigenvalue weighted by Crippen LogP contribution is 2.37. The Morgan fingerprint density at radius 1 is 1.00 bits per heavy atom. The molecule has 0 aliphatic carbocycles. The third-order valence-corrected chi connectivity index (χ3v) is 4.85. The monoisotopic (exact) mass is 316 g/mol. The van der Waals surface area contributed by atoms with E-state index in [2.05, 4.69) is 46.1 Å². The first-order valence-electron chi connectivity index (χ1n) is 8.50. The van der Waals surface area contributed by atoms with Crippen molar-refractivity contribution in [1.82, 2.24) is 4.90 Å². The first kappa shape index (κ1) is 17.7. The van der Waals surface area contributed by atoms with Gasteiger partial charge < -0.3 is 4.90 Å². The second-order valence-corrected chi connectivity index (χ2v) is 7.16. The molecule has 2 nitrogen and oxygen atoms in total. The van der Waals surface area contributed by atoms with Gasteiger partial charge in [-0.15, -0.1) is 0 Å². The van der Waals surface area contributed by atoms with Crippen LogP contribution in [0.1, 0.15) is 68.7 Å². The van der Waals surface area contributed by atoms with Gasteiger partial charge in [0.1, 0.15) is 11.5 Å². The van der Waals surface area contributed by atoms with Crippen molar-refractivity contribution in [3.63, 3.8) is 0 Å². The Morgan fingerprint density at radius 3 is 2.13 bits per heavy atom. The summed E-state index contributed by atoms with van der Waals surface area (Å²) < 4.78 is 15.0. The zero-order chi connectivity index (χ0) is 17.5. The highest BCUT2D eigenvalue weighted by Gasteiger charge is 2.26. The van der Waals surface area contributed by atoms with Crippen molar-refractivity contribution >= 4 is 11.5 Å². The zero-order valence-electron chi connectivity index (χ0n) is 15.5. The van der Waals surface area contributed by atoms with E-state index in [0.29, 0.717) is 17.6 Å². The summed E-state index contributed by atoms with van der Waals surface area (Å²) in [6, 6.07) is 0.296. The van der Waals surface area contributed by atoms with Gasteiger partial charge in [-0.2, -0.15) is 0 Å². The molecule has 2 rings (SSSR count). The SMILES string of the molecule is C=C1CCC(=Nc2c(C)c(C)c(C(C)C)c(C)c2F)N1C(C)C. The molecule has 1 aromatic rings. The Hall–Kier alpha value is -1.64. The third-order valence-electron chi connectivity index (χ3n) is 4.85. The van der Waals surface area contributed by atoms with Gasteiger partial charge >= 0.3 is 0 Å². The molecule has 0 saturated carbocycles. The Labute approximate surface area is 140 Å². The lowest BCUT2D eigenvalue weighted by Gasteiger charge is -2.25. The fraction of sp³-hybridized carbons (Fsp3) is 0.550. The van der Waals surface area contributed by atoms with Crippen LogP contribution in [0.3, 0.4) is 0 Å². The lowest BCUT2D eigenvalue weighted by atomic mass is 9.89. The van der Waals surface area contributed by atoms with Gasteiger partial charge in [-0.25, -0.2) is 9.38 Å². The number of allylic oxidation sites excluding steroid dienone is 1. The lowest BCUT2D eigenvalue weighted by molar-refractivity contribution is 0.438. The summed E-state index contributed by atoms with van der Waals surface area (Å²) >= 11 is 0. The lowest BCUT2D eigenvalue weighted by Crippen LogP contribution is -2.30. The van der Waals surface area contributed by atoms with Crippen LogP contribution < -0.4 is 0 Å². The van der Waals surface area contributed by atoms with E-state index >= 15 is 0 Å².